The van der Waals surface area contributed by atoms with Gasteiger partial charge in [0.2, 0.25) is 0 Å². The third-order valence-corrected chi connectivity index (χ3v) is 8.06. The van der Waals surface area contributed by atoms with E-state index in [4.69, 9.17) is 19.6 Å². The molecule has 1 amide bonds. The van der Waals surface area contributed by atoms with Crippen LogP contribution in [0.4, 0.5) is 4.39 Å². The number of fused-ring (bicyclic) bond motifs is 2. The van der Waals surface area contributed by atoms with Gasteiger partial charge in [-0.1, -0.05) is 25.3 Å². The zero-order chi connectivity index (χ0) is 26.4. The second kappa shape index (κ2) is 9.85. The molecule has 1 saturated carbocycles. The molecule has 0 bridgehead atoms. The number of amides is 1. The smallest absolute Gasteiger partial charge is 0.337 e. The number of nitrogens with zero attached hydrogens (tertiary/aromatic N) is 4. The summed E-state index contributed by atoms with van der Waals surface area (Å²) in [4.78, 5) is 32.1. The second-order valence-electron chi connectivity index (χ2n) is 10.5. The van der Waals surface area contributed by atoms with Gasteiger partial charge < -0.3 is 14.4 Å². The van der Waals surface area contributed by atoms with Crippen molar-refractivity contribution in [3.63, 3.8) is 0 Å². The summed E-state index contributed by atoms with van der Waals surface area (Å²) in [6.45, 7) is 2.78. The number of rotatable bonds is 4. The molecule has 2 aromatic heterocycles. The Morgan fingerprint density at radius 1 is 1.11 bits per heavy atom. The topological polar surface area (TPSA) is 86.0 Å². The quantitative estimate of drug-likeness (QED) is 0.444. The number of halogens is 1. The third kappa shape index (κ3) is 4.23. The van der Waals surface area contributed by atoms with E-state index in [0.29, 0.717) is 34.1 Å². The van der Waals surface area contributed by atoms with Crippen LogP contribution in [0.2, 0.25) is 0 Å². The molecule has 1 aromatic carbocycles. The molecule has 38 heavy (non-hydrogen) atoms. The first-order valence-electron chi connectivity index (χ1n) is 13.4. The summed E-state index contributed by atoms with van der Waals surface area (Å²) >= 11 is 0. The largest absolute Gasteiger partial charge is 0.485 e. The average Bonchev–Trinajstić information content (AvgIpc) is 3.21. The SMILES string of the molecule is COC(=O)C1=Cc2ccc(-c3cc4nc(C(=O)N5CCCCC[C@H]5C)cc(C5CCC5)n4n3)c(F)c2OC1. The van der Waals surface area contributed by atoms with Gasteiger partial charge in [0.15, 0.2) is 17.2 Å². The molecule has 1 saturated heterocycles. The van der Waals surface area contributed by atoms with Gasteiger partial charge in [0.05, 0.1) is 18.4 Å². The molecule has 2 fully saturated rings. The number of ether oxygens (including phenoxy) is 2. The number of likely N-dealkylation sites (tertiary alicyclic amines) is 1. The van der Waals surface area contributed by atoms with E-state index in [1.165, 1.54) is 7.11 Å². The summed E-state index contributed by atoms with van der Waals surface area (Å²) in [7, 11) is 1.30. The third-order valence-electron chi connectivity index (χ3n) is 8.06. The lowest BCUT2D eigenvalue weighted by Gasteiger charge is -2.29. The van der Waals surface area contributed by atoms with Gasteiger partial charge in [-0.2, -0.15) is 5.10 Å². The lowest BCUT2D eigenvalue weighted by atomic mass is 9.82. The van der Waals surface area contributed by atoms with Crippen molar-refractivity contribution in [1.82, 2.24) is 19.5 Å². The Kier molecular flexibility index (Phi) is 6.37. The van der Waals surface area contributed by atoms with Crippen LogP contribution in [-0.4, -0.2) is 57.7 Å². The first kappa shape index (κ1) is 24.6. The van der Waals surface area contributed by atoms with Crippen LogP contribution in [0, 0.1) is 5.82 Å². The van der Waals surface area contributed by atoms with E-state index in [-0.39, 0.29) is 29.9 Å². The average molecular weight is 519 g/mol. The highest BCUT2D eigenvalue weighted by Gasteiger charge is 2.30. The molecular formula is C29H31FN4O4. The van der Waals surface area contributed by atoms with Crippen LogP contribution < -0.4 is 4.74 Å². The van der Waals surface area contributed by atoms with E-state index < -0.39 is 11.8 Å². The number of carbonyl (C=O) groups is 2. The number of hydrogen-bond acceptors (Lipinski definition) is 6. The lowest BCUT2D eigenvalue weighted by Crippen LogP contribution is -2.38. The summed E-state index contributed by atoms with van der Waals surface area (Å²) in [6, 6.07) is 7.13. The number of hydrogen-bond donors (Lipinski definition) is 0. The highest BCUT2D eigenvalue weighted by molar-refractivity contribution is 5.95. The molecule has 1 aliphatic carbocycles. The summed E-state index contributed by atoms with van der Waals surface area (Å²) < 4.78 is 27.8. The van der Waals surface area contributed by atoms with Crippen LogP contribution in [0.15, 0.2) is 29.8 Å². The predicted molar refractivity (Wildman–Crippen MR) is 139 cm³/mol. The zero-order valence-corrected chi connectivity index (χ0v) is 21.7. The van der Waals surface area contributed by atoms with Crippen LogP contribution in [0.5, 0.6) is 5.75 Å². The molecule has 3 aromatic rings. The summed E-state index contributed by atoms with van der Waals surface area (Å²) in [5.74, 6) is -0.738. The monoisotopic (exact) mass is 518 g/mol. The highest BCUT2D eigenvalue weighted by Crippen LogP contribution is 2.39. The van der Waals surface area contributed by atoms with Gasteiger partial charge in [0.1, 0.15) is 12.3 Å². The maximum atomic E-state index is 15.6. The first-order chi connectivity index (χ1) is 18.4. The molecule has 0 unspecified atom stereocenters. The normalized spacial score (nSPS) is 19.7. The number of benzene rings is 1. The lowest BCUT2D eigenvalue weighted by molar-refractivity contribution is -0.136. The van der Waals surface area contributed by atoms with E-state index >= 15 is 4.39 Å². The Balaban J connectivity index is 1.40. The molecular weight excluding hydrogens is 487 g/mol. The van der Waals surface area contributed by atoms with Crippen molar-refractivity contribution in [3.05, 3.63) is 52.6 Å². The fraction of sp³-hybridized carbons (Fsp3) is 0.448. The zero-order valence-electron chi connectivity index (χ0n) is 21.7. The molecule has 4 heterocycles. The van der Waals surface area contributed by atoms with Gasteiger partial charge in [0.25, 0.3) is 5.91 Å². The Morgan fingerprint density at radius 3 is 2.71 bits per heavy atom. The van der Waals surface area contributed by atoms with Gasteiger partial charge >= 0.3 is 5.97 Å². The summed E-state index contributed by atoms with van der Waals surface area (Å²) in [5, 5.41) is 4.74. The minimum absolute atomic E-state index is 0.0493. The fourth-order valence-corrected chi connectivity index (χ4v) is 5.61. The molecule has 0 radical (unpaired) electrons. The highest BCUT2D eigenvalue weighted by atomic mass is 19.1. The minimum Gasteiger partial charge on any atom is -0.485 e. The van der Waals surface area contributed by atoms with Crippen molar-refractivity contribution in [2.45, 2.75) is 63.8 Å². The number of methoxy groups -OCH3 is 1. The van der Waals surface area contributed by atoms with Crippen LogP contribution in [0.1, 0.15) is 79.5 Å². The van der Waals surface area contributed by atoms with E-state index in [1.807, 2.05) is 11.0 Å². The number of aromatic nitrogens is 3. The molecule has 2 aliphatic heterocycles. The Hall–Kier alpha value is -3.75. The number of carbonyl (C=O) groups excluding carboxylic acids is 2. The molecule has 8 nitrogen and oxygen atoms in total. The van der Waals surface area contributed by atoms with Crippen LogP contribution in [0.25, 0.3) is 23.0 Å². The Bertz CT molecular complexity index is 1460. The predicted octanol–water partition coefficient (Wildman–Crippen LogP) is 5.16. The Labute approximate surface area is 220 Å². The molecule has 1 atom stereocenters. The van der Waals surface area contributed by atoms with Gasteiger partial charge in [-0.05, 0) is 50.8 Å². The molecule has 0 N–H and O–H groups in total. The van der Waals surface area contributed by atoms with Crippen LogP contribution in [-0.2, 0) is 9.53 Å². The number of esters is 1. The van der Waals surface area contributed by atoms with Crippen molar-refractivity contribution in [3.8, 4) is 17.0 Å². The summed E-state index contributed by atoms with van der Waals surface area (Å²) in [6.07, 6.45) is 9.03. The van der Waals surface area contributed by atoms with Crippen molar-refractivity contribution >= 4 is 23.6 Å². The Morgan fingerprint density at radius 2 is 1.95 bits per heavy atom. The maximum Gasteiger partial charge on any atom is 0.337 e. The van der Waals surface area contributed by atoms with E-state index in [1.54, 1.807) is 28.8 Å². The van der Waals surface area contributed by atoms with Crippen molar-refractivity contribution in [2.75, 3.05) is 20.3 Å². The van der Waals surface area contributed by atoms with Crippen molar-refractivity contribution in [1.29, 1.82) is 0 Å². The van der Waals surface area contributed by atoms with Crippen LogP contribution in [0.3, 0.4) is 0 Å². The van der Waals surface area contributed by atoms with Gasteiger partial charge in [-0.3, -0.25) is 4.79 Å². The first-order valence-corrected chi connectivity index (χ1v) is 13.4. The fourth-order valence-electron chi connectivity index (χ4n) is 5.61. The van der Waals surface area contributed by atoms with E-state index in [2.05, 4.69) is 6.92 Å². The molecule has 9 heteroatoms. The molecule has 6 rings (SSSR count). The maximum absolute atomic E-state index is 15.6. The molecule has 3 aliphatic rings. The molecule has 0 spiro atoms. The van der Waals surface area contributed by atoms with Gasteiger partial charge in [-0.25, -0.2) is 18.7 Å². The minimum atomic E-state index is -0.550. The summed E-state index contributed by atoms with van der Waals surface area (Å²) in [5.41, 5.74) is 3.38. The molecule has 198 valence electrons. The van der Waals surface area contributed by atoms with Crippen molar-refractivity contribution in [2.24, 2.45) is 0 Å². The van der Waals surface area contributed by atoms with Crippen molar-refractivity contribution < 1.29 is 23.5 Å². The van der Waals surface area contributed by atoms with Gasteiger partial charge in [0, 0.05) is 41.4 Å². The van der Waals surface area contributed by atoms with E-state index in [9.17, 15) is 9.59 Å². The van der Waals surface area contributed by atoms with Crippen LogP contribution >= 0.6 is 0 Å². The van der Waals surface area contributed by atoms with E-state index in [0.717, 1.165) is 57.2 Å². The second-order valence-corrected chi connectivity index (χ2v) is 10.5. The standard InChI is InChI=1S/C29H31FN4O4/c1-17-7-4-3-5-12-33(17)28(35)23-14-24(18-8-6-9-18)34-25(31-23)15-22(32-34)21-11-10-19-13-20(29(36)37-2)16-38-27(19)26(21)30/h10-11,13-15,17-18H,3-9,12,16H2,1-2H3/t17-/m1/s1. The van der Waals surface area contributed by atoms with Gasteiger partial charge in [-0.15, -0.1) is 0 Å².